The highest BCUT2D eigenvalue weighted by molar-refractivity contribution is 7.98. The van der Waals surface area contributed by atoms with Crippen LogP contribution in [0.5, 0.6) is 0 Å². The predicted molar refractivity (Wildman–Crippen MR) is 73.1 cm³/mol. The van der Waals surface area contributed by atoms with Gasteiger partial charge in [0.2, 0.25) is 0 Å². The molecule has 6 heteroatoms. The minimum absolute atomic E-state index is 0.207. The zero-order chi connectivity index (χ0) is 13.4. The summed E-state index contributed by atoms with van der Waals surface area (Å²) in [6.07, 6.45) is 7.04. The first-order valence-electron chi connectivity index (χ1n) is 6.50. The summed E-state index contributed by atoms with van der Waals surface area (Å²) in [4.78, 5) is 10.9. The first kappa shape index (κ1) is 12.7. The van der Waals surface area contributed by atoms with Crippen LogP contribution in [0.15, 0.2) is 11.4 Å². The Morgan fingerprint density at radius 2 is 2.11 bits per heavy atom. The van der Waals surface area contributed by atoms with Crippen LogP contribution in [-0.4, -0.2) is 39.5 Å². The van der Waals surface area contributed by atoms with E-state index in [1.54, 1.807) is 6.20 Å². The smallest absolute Gasteiger partial charge is 0.189 e. The highest BCUT2D eigenvalue weighted by atomic mass is 32.2. The van der Waals surface area contributed by atoms with Crippen LogP contribution < -0.4 is 4.90 Å². The highest BCUT2D eigenvalue weighted by Gasteiger charge is 2.41. The number of aromatic nitrogens is 2. The molecule has 2 atom stereocenters. The number of aliphatic hydroxyl groups excluding tert-OH is 1. The van der Waals surface area contributed by atoms with Gasteiger partial charge in [0.15, 0.2) is 11.0 Å². The van der Waals surface area contributed by atoms with Crippen LogP contribution in [-0.2, 0) is 0 Å². The molecule has 5 nitrogen and oxygen atoms in total. The third-order valence-corrected chi connectivity index (χ3v) is 4.56. The fourth-order valence-electron chi connectivity index (χ4n) is 3.23. The summed E-state index contributed by atoms with van der Waals surface area (Å²) in [5.74, 6) is 0.751. The number of nitriles is 1. The monoisotopic (exact) mass is 276 g/mol. The SMILES string of the molecule is CSc1ncc(C#N)c(N2C3CCC2CC(O)C3)n1. The zero-order valence-electron chi connectivity index (χ0n) is 10.8. The second-order valence-electron chi connectivity index (χ2n) is 5.12. The number of thioether (sulfide) groups is 1. The molecule has 0 spiro atoms. The van der Waals surface area contributed by atoms with E-state index in [-0.39, 0.29) is 6.10 Å². The largest absolute Gasteiger partial charge is 0.393 e. The number of aliphatic hydroxyl groups is 1. The molecule has 1 N–H and O–H groups in total. The van der Waals surface area contributed by atoms with E-state index in [9.17, 15) is 10.4 Å². The van der Waals surface area contributed by atoms with E-state index in [1.165, 1.54) is 11.8 Å². The van der Waals surface area contributed by atoms with Crippen molar-refractivity contribution < 1.29 is 5.11 Å². The van der Waals surface area contributed by atoms with Crippen LogP contribution in [0.2, 0.25) is 0 Å². The van der Waals surface area contributed by atoms with Gasteiger partial charge in [-0.25, -0.2) is 9.97 Å². The topological polar surface area (TPSA) is 73.0 Å². The Morgan fingerprint density at radius 1 is 1.42 bits per heavy atom. The van der Waals surface area contributed by atoms with E-state index < -0.39 is 0 Å². The molecule has 2 saturated heterocycles. The van der Waals surface area contributed by atoms with Crippen LogP contribution in [0, 0.1) is 11.3 Å². The van der Waals surface area contributed by atoms with Crippen molar-refractivity contribution in [2.45, 2.75) is 49.0 Å². The summed E-state index contributed by atoms with van der Waals surface area (Å²) < 4.78 is 0. The molecule has 2 unspecified atom stereocenters. The molecule has 0 saturated carbocycles. The van der Waals surface area contributed by atoms with Crippen molar-refractivity contribution in [2.75, 3.05) is 11.2 Å². The molecule has 1 aromatic rings. The Balaban J connectivity index is 2.00. The van der Waals surface area contributed by atoms with Gasteiger partial charge in [-0.1, -0.05) is 11.8 Å². The van der Waals surface area contributed by atoms with Crippen molar-refractivity contribution in [3.63, 3.8) is 0 Å². The lowest BCUT2D eigenvalue weighted by atomic mass is 9.99. The molecule has 19 heavy (non-hydrogen) atoms. The Hall–Kier alpha value is -1.32. The van der Waals surface area contributed by atoms with Gasteiger partial charge in [-0.05, 0) is 31.9 Å². The second-order valence-corrected chi connectivity index (χ2v) is 5.90. The molecule has 2 aliphatic heterocycles. The molecule has 2 fully saturated rings. The summed E-state index contributed by atoms with van der Waals surface area (Å²) in [5.41, 5.74) is 0.533. The molecular weight excluding hydrogens is 260 g/mol. The molecule has 100 valence electrons. The molecule has 0 radical (unpaired) electrons. The molecule has 0 amide bonds. The van der Waals surface area contributed by atoms with E-state index in [0.717, 1.165) is 31.5 Å². The van der Waals surface area contributed by atoms with Crippen molar-refractivity contribution >= 4 is 17.6 Å². The summed E-state index contributed by atoms with van der Waals surface area (Å²) >= 11 is 1.48. The molecule has 2 aliphatic rings. The first-order valence-corrected chi connectivity index (χ1v) is 7.73. The van der Waals surface area contributed by atoms with Crippen molar-refractivity contribution in [1.82, 2.24) is 9.97 Å². The fraction of sp³-hybridized carbons (Fsp3) is 0.615. The van der Waals surface area contributed by atoms with E-state index in [4.69, 9.17) is 0 Å². The van der Waals surface area contributed by atoms with Crippen LogP contribution in [0.3, 0.4) is 0 Å². The quantitative estimate of drug-likeness (QED) is 0.653. The fourth-order valence-corrected chi connectivity index (χ4v) is 3.56. The van der Waals surface area contributed by atoms with Gasteiger partial charge in [0.05, 0.1) is 12.3 Å². The maximum Gasteiger partial charge on any atom is 0.189 e. The number of fused-ring (bicyclic) bond motifs is 2. The first-order chi connectivity index (χ1) is 9.22. The van der Waals surface area contributed by atoms with Gasteiger partial charge in [0.25, 0.3) is 0 Å². The van der Waals surface area contributed by atoms with Gasteiger partial charge in [0.1, 0.15) is 11.6 Å². The van der Waals surface area contributed by atoms with E-state index in [2.05, 4.69) is 20.9 Å². The number of hydrogen-bond donors (Lipinski definition) is 1. The molecule has 3 rings (SSSR count). The van der Waals surface area contributed by atoms with Crippen molar-refractivity contribution in [1.29, 1.82) is 5.26 Å². The van der Waals surface area contributed by atoms with Crippen molar-refractivity contribution in [2.24, 2.45) is 0 Å². The number of anilines is 1. The lowest BCUT2D eigenvalue weighted by Gasteiger charge is -2.38. The van der Waals surface area contributed by atoms with Crippen molar-refractivity contribution in [3.8, 4) is 6.07 Å². The second kappa shape index (κ2) is 4.99. The van der Waals surface area contributed by atoms with Crippen LogP contribution in [0.4, 0.5) is 5.82 Å². The van der Waals surface area contributed by atoms with Gasteiger partial charge in [-0.2, -0.15) is 5.26 Å². The van der Waals surface area contributed by atoms with Gasteiger partial charge in [0, 0.05) is 12.1 Å². The van der Waals surface area contributed by atoms with Gasteiger partial charge in [-0.15, -0.1) is 0 Å². The van der Waals surface area contributed by atoms with Crippen LogP contribution in [0.25, 0.3) is 0 Å². The number of hydrogen-bond acceptors (Lipinski definition) is 6. The molecule has 0 aromatic carbocycles. The summed E-state index contributed by atoms with van der Waals surface area (Å²) in [5, 5.41) is 19.8. The minimum Gasteiger partial charge on any atom is -0.393 e. The van der Waals surface area contributed by atoms with E-state index in [0.29, 0.717) is 22.8 Å². The molecule has 3 heterocycles. The number of piperidine rings is 1. The van der Waals surface area contributed by atoms with Crippen molar-refractivity contribution in [3.05, 3.63) is 11.8 Å². The van der Waals surface area contributed by atoms with Gasteiger partial charge in [-0.3, -0.25) is 0 Å². The highest BCUT2D eigenvalue weighted by Crippen LogP contribution is 2.39. The maximum atomic E-state index is 9.85. The predicted octanol–water partition coefficient (Wildman–Crippen LogP) is 1.56. The van der Waals surface area contributed by atoms with E-state index >= 15 is 0 Å². The Labute approximate surface area is 116 Å². The normalized spacial score (nSPS) is 29.3. The molecular formula is C13H16N4OS. The average molecular weight is 276 g/mol. The number of nitrogens with zero attached hydrogens (tertiary/aromatic N) is 4. The van der Waals surface area contributed by atoms with E-state index in [1.807, 2.05) is 6.26 Å². The standard InChI is InChI=1S/C13H16N4OS/c1-19-13-15-7-8(6-14)12(16-13)17-9-2-3-10(17)5-11(18)4-9/h7,9-11,18H,2-5H2,1H3. The third-order valence-electron chi connectivity index (χ3n) is 4.00. The number of rotatable bonds is 2. The van der Waals surface area contributed by atoms with Gasteiger partial charge < -0.3 is 10.0 Å². The lowest BCUT2D eigenvalue weighted by Crippen LogP contribution is -2.45. The maximum absolute atomic E-state index is 9.85. The summed E-state index contributed by atoms with van der Waals surface area (Å²) in [7, 11) is 0. The summed E-state index contributed by atoms with van der Waals surface area (Å²) in [6, 6.07) is 2.81. The zero-order valence-corrected chi connectivity index (χ0v) is 11.6. The Morgan fingerprint density at radius 3 is 2.68 bits per heavy atom. The van der Waals surface area contributed by atoms with Gasteiger partial charge >= 0.3 is 0 Å². The molecule has 2 bridgehead atoms. The van der Waals surface area contributed by atoms with Crippen LogP contribution in [0.1, 0.15) is 31.2 Å². The molecule has 1 aromatic heterocycles. The molecule has 0 aliphatic carbocycles. The Bertz CT molecular complexity index is 516. The average Bonchev–Trinajstić information content (AvgIpc) is 2.70. The third kappa shape index (κ3) is 2.17. The minimum atomic E-state index is -0.207. The lowest BCUT2D eigenvalue weighted by molar-refractivity contribution is 0.126. The summed E-state index contributed by atoms with van der Waals surface area (Å²) in [6.45, 7) is 0. The van der Waals surface area contributed by atoms with Crippen LogP contribution >= 0.6 is 11.8 Å². The Kier molecular flexibility index (Phi) is 3.33.